The summed E-state index contributed by atoms with van der Waals surface area (Å²) in [4.78, 5) is 5.59. The number of pyridine rings is 1. The van der Waals surface area contributed by atoms with Gasteiger partial charge in [0.05, 0.1) is 0 Å². The summed E-state index contributed by atoms with van der Waals surface area (Å²) < 4.78 is 14.2. The van der Waals surface area contributed by atoms with Gasteiger partial charge in [0, 0.05) is 28.2 Å². The van der Waals surface area contributed by atoms with E-state index < -0.39 is 0 Å². The maximum atomic E-state index is 14.2. The standard InChI is InChI=1S/C16H19FN2S/c1-3-8-19-12(2)13-4-5-16(15(17)11-13)20-14-6-9-18-10-7-14/h4-7,9-12,19H,3,8H2,1-2H3. The molecule has 0 aliphatic heterocycles. The van der Waals surface area contributed by atoms with E-state index in [1.54, 1.807) is 18.5 Å². The van der Waals surface area contributed by atoms with Crippen molar-refractivity contribution in [2.75, 3.05) is 6.54 Å². The molecule has 1 unspecified atom stereocenters. The minimum absolute atomic E-state index is 0.171. The van der Waals surface area contributed by atoms with Crippen LogP contribution in [0.15, 0.2) is 52.5 Å². The van der Waals surface area contributed by atoms with Crippen molar-refractivity contribution < 1.29 is 4.39 Å². The Kier molecular flexibility index (Phi) is 5.56. The summed E-state index contributed by atoms with van der Waals surface area (Å²) in [6, 6.07) is 9.38. The van der Waals surface area contributed by atoms with Crippen LogP contribution in [0.5, 0.6) is 0 Å². The Bertz CT molecular complexity index is 545. The first-order valence-corrected chi connectivity index (χ1v) is 7.63. The van der Waals surface area contributed by atoms with Gasteiger partial charge in [-0.1, -0.05) is 24.8 Å². The van der Waals surface area contributed by atoms with Gasteiger partial charge in [-0.15, -0.1) is 0 Å². The van der Waals surface area contributed by atoms with Crippen molar-refractivity contribution in [3.8, 4) is 0 Å². The van der Waals surface area contributed by atoms with E-state index in [-0.39, 0.29) is 11.9 Å². The van der Waals surface area contributed by atoms with Crippen LogP contribution < -0.4 is 5.32 Å². The molecule has 0 radical (unpaired) electrons. The molecule has 1 heterocycles. The Morgan fingerprint density at radius 3 is 2.65 bits per heavy atom. The summed E-state index contributed by atoms with van der Waals surface area (Å²) in [7, 11) is 0. The van der Waals surface area contributed by atoms with E-state index in [2.05, 4.69) is 24.1 Å². The molecule has 2 aromatic rings. The van der Waals surface area contributed by atoms with Crippen LogP contribution in [0.4, 0.5) is 4.39 Å². The fourth-order valence-corrected chi connectivity index (χ4v) is 2.69. The van der Waals surface area contributed by atoms with Crippen molar-refractivity contribution in [1.29, 1.82) is 0 Å². The first-order valence-electron chi connectivity index (χ1n) is 6.81. The number of benzene rings is 1. The molecule has 4 heteroatoms. The van der Waals surface area contributed by atoms with Crippen molar-refractivity contribution >= 4 is 11.8 Å². The molecule has 0 aliphatic carbocycles. The van der Waals surface area contributed by atoms with Crippen molar-refractivity contribution in [1.82, 2.24) is 10.3 Å². The molecule has 0 aliphatic rings. The highest BCUT2D eigenvalue weighted by Gasteiger charge is 2.09. The highest BCUT2D eigenvalue weighted by Crippen LogP contribution is 2.30. The van der Waals surface area contributed by atoms with Gasteiger partial charge in [0.15, 0.2) is 0 Å². The predicted octanol–water partition coefficient (Wildman–Crippen LogP) is 4.43. The van der Waals surface area contributed by atoms with Crippen LogP contribution in [0, 0.1) is 5.82 Å². The monoisotopic (exact) mass is 290 g/mol. The van der Waals surface area contributed by atoms with Gasteiger partial charge in [0.2, 0.25) is 0 Å². The van der Waals surface area contributed by atoms with Crippen molar-refractivity contribution in [3.63, 3.8) is 0 Å². The number of nitrogens with one attached hydrogen (secondary N) is 1. The largest absolute Gasteiger partial charge is 0.310 e. The van der Waals surface area contributed by atoms with Crippen molar-refractivity contribution in [3.05, 3.63) is 54.1 Å². The van der Waals surface area contributed by atoms with Gasteiger partial charge in [-0.3, -0.25) is 4.98 Å². The van der Waals surface area contributed by atoms with Crippen LogP contribution in [0.3, 0.4) is 0 Å². The van der Waals surface area contributed by atoms with Gasteiger partial charge >= 0.3 is 0 Å². The lowest BCUT2D eigenvalue weighted by molar-refractivity contribution is 0.556. The van der Waals surface area contributed by atoms with E-state index in [4.69, 9.17) is 0 Å². The Morgan fingerprint density at radius 2 is 2.00 bits per heavy atom. The molecule has 20 heavy (non-hydrogen) atoms. The van der Waals surface area contributed by atoms with E-state index in [9.17, 15) is 4.39 Å². The van der Waals surface area contributed by atoms with Gasteiger partial charge in [-0.2, -0.15) is 0 Å². The zero-order chi connectivity index (χ0) is 14.4. The van der Waals surface area contributed by atoms with Gasteiger partial charge in [-0.05, 0) is 49.7 Å². The van der Waals surface area contributed by atoms with Crippen LogP contribution in [0.1, 0.15) is 31.9 Å². The van der Waals surface area contributed by atoms with Gasteiger partial charge < -0.3 is 5.32 Å². The van der Waals surface area contributed by atoms with Crippen LogP contribution in [-0.4, -0.2) is 11.5 Å². The second-order valence-electron chi connectivity index (χ2n) is 4.65. The third-order valence-corrected chi connectivity index (χ3v) is 4.09. The lowest BCUT2D eigenvalue weighted by Crippen LogP contribution is -2.19. The van der Waals surface area contributed by atoms with E-state index in [0.29, 0.717) is 4.90 Å². The third-order valence-electron chi connectivity index (χ3n) is 3.03. The molecular weight excluding hydrogens is 271 g/mol. The number of nitrogens with zero attached hydrogens (tertiary/aromatic N) is 1. The Labute approximate surface area is 123 Å². The first-order chi connectivity index (χ1) is 9.70. The predicted molar refractivity (Wildman–Crippen MR) is 81.5 cm³/mol. The Balaban J connectivity index is 2.10. The smallest absolute Gasteiger partial charge is 0.137 e. The lowest BCUT2D eigenvalue weighted by atomic mass is 10.1. The topological polar surface area (TPSA) is 24.9 Å². The van der Waals surface area contributed by atoms with Crippen molar-refractivity contribution in [2.24, 2.45) is 0 Å². The Morgan fingerprint density at radius 1 is 1.25 bits per heavy atom. The highest BCUT2D eigenvalue weighted by atomic mass is 32.2. The molecule has 1 N–H and O–H groups in total. The normalized spacial score (nSPS) is 12.3. The molecule has 1 aromatic heterocycles. The van der Waals surface area contributed by atoms with Crippen LogP contribution in [0.2, 0.25) is 0 Å². The molecule has 0 saturated heterocycles. The molecule has 0 spiro atoms. The van der Waals surface area contributed by atoms with Crippen LogP contribution in [-0.2, 0) is 0 Å². The van der Waals surface area contributed by atoms with Gasteiger partial charge in [0.1, 0.15) is 5.82 Å². The van der Waals surface area contributed by atoms with E-state index >= 15 is 0 Å². The molecule has 2 rings (SSSR count). The fraction of sp³-hybridized carbons (Fsp3) is 0.312. The fourth-order valence-electron chi connectivity index (χ4n) is 1.88. The summed E-state index contributed by atoms with van der Waals surface area (Å²) in [5, 5.41) is 3.36. The van der Waals surface area contributed by atoms with Crippen LogP contribution >= 0.6 is 11.8 Å². The maximum Gasteiger partial charge on any atom is 0.137 e. The van der Waals surface area contributed by atoms with Gasteiger partial charge in [0.25, 0.3) is 0 Å². The summed E-state index contributed by atoms with van der Waals surface area (Å²) >= 11 is 1.42. The lowest BCUT2D eigenvalue weighted by Gasteiger charge is -2.14. The quantitative estimate of drug-likeness (QED) is 0.851. The SMILES string of the molecule is CCCNC(C)c1ccc(Sc2ccncc2)c(F)c1. The summed E-state index contributed by atoms with van der Waals surface area (Å²) in [5.41, 5.74) is 0.982. The number of hydrogen-bond donors (Lipinski definition) is 1. The third kappa shape index (κ3) is 4.05. The molecule has 0 amide bonds. The van der Waals surface area contributed by atoms with Gasteiger partial charge in [-0.25, -0.2) is 4.39 Å². The Hall–Kier alpha value is -1.39. The van der Waals surface area contributed by atoms with E-state index in [1.807, 2.05) is 24.3 Å². The second kappa shape index (κ2) is 7.41. The van der Waals surface area contributed by atoms with E-state index in [1.165, 1.54) is 11.8 Å². The van der Waals surface area contributed by atoms with E-state index in [0.717, 1.165) is 23.4 Å². The second-order valence-corrected chi connectivity index (χ2v) is 5.77. The first kappa shape index (κ1) is 15.0. The molecule has 0 bridgehead atoms. The summed E-state index contributed by atoms with van der Waals surface area (Å²) in [6.07, 6.45) is 4.50. The number of hydrogen-bond acceptors (Lipinski definition) is 3. The average molecular weight is 290 g/mol. The maximum absolute atomic E-state index is 14.2. The highest BCUT2D eigenvalue weighted by molar-refractivity contribution is 7.99. The summed E-state index contributed by atoms with van der Waals surface area (Å²) in [6.45, 7) is 5.12. The molecule has 106 valence electrons. The number of rotatable bonds is 6. The molecule has 1 atom stereocenters. The number of halogens is 1. The minimum Gasteiger partial charge on any atom is -0.310 e. The molecule has 1 aromatic carbocycles. The zero-order valence-electron chi connectivity index (χ0n) is 11.8. The molecule has 2 nitrogen and oxygen atoms in total. The number of aromatic nitrogens is 1. The van der Waals surface area contributed by atoms with Crippen LogP contribution in [0.25, 0.3) is 0 Å². The molecular formula is C16H19FN2S. The molecule has 0 fully saturated rings. The average Bonchev–Trinajstić information content (AvgIpc) is 2.48. The zero-order valence-corrected chi connectivity index (χ0v) is 12.6. The van der Waals surface area contributed by atoms with Crippen molar-refractivity contribution in [2.45, 2.75) is 36.1 Å². The minimum atomic E-state index is -0.172. The summed E-state index contributed by atoms with van der Waals surface area (Å²) in [5.74, 6) is -0.172. The molecule has 0 saturated carbocycles.